The van der Waals surface area contributed by atoms with Crippen molar-refractivity contribution in [3.05, 3.63) is 64.1 Å². The standard InChI is InChI=1S/C23H32BrNO/c1-17(2)25(18(3)4)15-9-8-12-21(19-10-6-5-7-11-19)22-16-20(24)13-14-23(22)26/h5-7,10-11,13-14,16-18,21,26H,8-9,12,15H2,1-4H3. The Morgan fingerprint density at radius 1 is 0.923 bits per heavy atom. The summed E-state index contributed by atoms with van der Waals surface area (Å²) in [6.07, 6.45) is 3.36. The lowest BCUT2D eigenvalue weighted by Crippen LogP contribution is -2.37. The SMILES string of the molecule is CC(C)N(CCCCC(c1ccccc1)c1cc(Br)ccc1O)C(C)C. The van der Waals surface area contributed by atoms with Gasteiger partial charge in [0.15, 0.2) is 0 Å². The fourth-order valence-corrected chi connectivity index (χ4v) is 4.13. The summed E-state index contributed by atoms with van der Waals surface area (Å²) in [5.41, 5.74) is 2.28. The van der Waals surface area contributed by atoms with Gasteiger partial charge < -0.3 is 5.11 Å². The van der Waals surface area contributed by atoms with E-state index >= 15 is 0 Å². The van der Waals surface area contributed by atoms with Crippen LogP contribution in [0, 0.1) is 0 Å². The first-order valence-electron chi connectivity index (χ1n) is 9.69. The van der Waals surface area contributed by atoms with Crippen molar-refractivity contribution < 1.29 is 5.11 Å². The molecule has 0 bridgehead atoms. The molecule has 142 valence electrons. The summed E-state index contributed by atoms with van der Waals surface area (Å²) in [4.78, 5) is 2.55. The summed E-state index contributed by atoms with van der Waals surface area (Å²) < 4.78 is 1.01. The Balaban J connectivity index is 2.10. The number of benzene rings is 2. The van der Waals surface area contributed by atoms with Crippen molar-refractivity contribution in [2.75, 3.05) is 6.54 Å². The van der Waals surface area contributed by atoms with E-state index in [1.165, 1.54) is 12.0 Å². The zero-order valence-electron chi connectivity index (χ0n) is 16.5. The molecule has 0 heterocycles. The lowest BCUT2D eigenvalue weighted by atomic mass is 9.86. The van der Waals surface area contributed by atoms with Crippen molar-refractivity contribution in [1.29, 1.82) is 0 Å². The molecule has 1 unspecified atom stereocenters. The summed E-state index contributed by atoms with van der Waals surface area (Å²) in [6, 6.07) is 17.4. The normalized spacial score (nSPS) is 12.9. The Morgan fingerprint density at radius 2 is 1.58 bits per heavy atom. The molecular weight excluding hydrogens is 386 g/mol. The van der Waals surface area contributed by atoms with Crippen molar-refractivity contribution in [3.63, 3.8) is 0 Å². The molecule has 0 saturated heterocycles. The van der Waals surface area contributed by atoms with Crippen LogP contribution < -0.4 is 0 Å². The minimum absolute atomic E-state index is 0.222. The maximum absolute atomic E-state index is 10.4. The van der Waals surface area contributed by atoms with Gasteiger partial charge in [-0.3, -0.25) is 4.90 Å². The molecule has 2 aromatic carbocycles. The van der Waals surface area contributed by atoms with Crippen LogP contribution in [-0.2, 0) is 0 Å². The summed E-state index contributed by atoms with van der Waals surface area (Å²) in [6.45, 7) is 10.2. The Hall–Kier alpha value is -1.32. The van der Waals surface area contributed by atoms with Crippen molar-refractivity contribution in [2.45, 2.75) is 65.0 Å². The van der Waals surface area contributed by atoms with E-state index in [0.717, 1.165) is 29.4 Å². The number of phenolic OH excluding ortho intramolecular Hbond substituents is 1. The molecule has 1 atom stereocenters. The second-order valence-electron chi connectivity index (χ2n) is 7.59. The molecule has 2 rings (SSSR count). The summed E-state index contributed by atoms with van der Waals surface area (Å²) in [5, 5.41) is 10.4. The van der Waals surface area contributed by atoms with E-state index in [9.17, 15) is 5.11 Å². The molecule has 0 amide bonds. The van der Waals surface area contributed by atoms with E-state index in [0.29, 0.717) is 17.8 Å². The Bertz CT molecular complexity index is 661. The first kappa shape index (κ1) is 21.0. The average Bonchev–Trinajstić information content (AvgIpc) is 2.60. The monoisotopic (exact) mass is 417 g/mol. The Labute approximate surface area is 167 Å². The fraction of sp³-hybridized carbons (Fsp3) is 0.478. The first-order valence-corrected chi connectivity index (χ1v) is 10.5. The van der Waals surface area contributed by atoms with E-state index in [4.69, 9.17) is 0 Å². The van der Waals surface area contributed by atoms with Crippen LogP contribution in [0.3, 0.4) is 0 Å². The van der Waals surface area contributed by atoms with Crippen molar-refractivity contribution in [2.24, 2.45) is 0 Å². The fourth-order valence-electron chi connectivity index (χ4n) is 3.75. The van der Waals surface area contributed by atoms with Gasteiger partial charge in [-0.1, -0.05) is 52.7 Å². The lowest BCUT2D eigenvalue weighted by Gasteiger charge is -2.30. The van der Waals surface area contributed by atoms with Gasteiger partial charge >= 0.3 is 0 Å². The van der Waals surface area contributed by atoms with Gasteiger partial charge in [0.2, 0.25) is 0 Å². The number of hydrogen-bond donors (Lipinski definition) is 1. The van der Waals surface area contributed by atoms with Crippen molar-refractivity contribution in [1.82, 2.24) is 4.90 Å². The highest BCUT2D eigenvalue weighted by Crippen LogP contribution is 2.36. The number of halogens is 1. The van der Waals surface area contributed by atoms with Gasteiger partial charge in [-0.25, -0.2) is 0 Å². The molecule has 1 N–H and O–H groups in total. The predicted octanol–water partition coefficient (Wildman–Crippen LogP) is 6.58. The molecule has 0 aliphatic carbocycles. The third kappa shape index (κ3) is 5.85. The van der Waals surface area contributed by atoms with Gasteiger partial charge in [0, 0.05) is 28.0 Å². The largest absolute Gasteiger partial charge is 0.508 e. The highest BCUT2D eigenvalue weighted by atomic mass is 79.9. The van der Waals surface area contributed by atoms with Crippen LogP contribution in [0.25, 0.3) is 0 Å². The van der Waals surface area contributed by atoms with E-state index in [2.05, 4.69) is 78.9 Å². The molecule has 0 fully saturated rings. The van der Waals surface area contributed by atoms with Crippen LogP contribution in [-0.4, -0.2) is 28.6 Å². The molecule has 2 aromatic rings. The molecule has 0 spiro atoms. The van der Waals surface area contributed by atoms with Crippen LogP contribution in [0.5, 0.6) is 5.75 Å². The summed E-state index contributed by atoms with van der Waals surface area (Å²) in [7, 11) is 0. The Morgan fingerprint density at radius 3 is 2.19 bits per heavy atom. The minimum atomic E-state index is 0.222. The molecule has 26 heavy (non-hydrogen) atoms. The summed E-state index contributed by atoms with van der Waals surface area (Å²) >= 11 is 3.55. The maximum atomic E-state index is 10.4. The van der Waals surface area contributed by atoms with Gasteiger partial charge in [-0.2, -0.15) is 0 Å². The molecule has 0 saturated carbocycles. The van der Waals surface area contributed by atoms with Crippen molar-refractivity contribution in [3.8, 4) is 5.75 Å². The molecule has 0 radical (unpaired) electrons. The molecule has 3 heteroatoms. The molecule has 0 aliphatic heterocycles. The number of hydrogen-bond acceptors (Lipinski definition) is 2. The van der Waals surface area contributed by atoms with E-state index in [1.807, 2.05) is 12.1 Å². The van der Waals surface area contributed by atoms with Crippen LogP contribution in [0.2, 0.25) is 0 Å². The maximum Gasteiger partial charge on any atom is 0.119 e. The highest BCUT2D eigenvalue weighted by molar-refractivity contribution is 9.10. The van der Waals surface area contributed by atoms with E-state index in [-0.39, 0.29) is 5.92 Å². The van der Waals surface area contributed by atoms with Gasteiger partial charge in [0.25, 0.3) is 0 Å². The smallest absolute Gasteiger partial charge is 0.119 e. The molecular formula is C23H32BrNO. The van der Waals surface area contributed by atoms with Gasteiger partial charge in [0.05, 0.1) is 0 Å². The van der Waals surface area contributed by atoms with Crippen LogP contribution in [0.15, 0.2) is 53.0 Å². The van der Waals surface area contributed by atoms with Crippen LogP contribution in [0.1, 0.15) is 64.0 Å². The number of aromatic hydroxyl groups is 1. The number of rotatable bonds is 9. The number of nitrogens with zero attached hydrogens (tertiary/aromatic N) is 1. The van der Waals surface area contributed by atoms with Gasteiger partial charge in [-0.15, -0.1) is 0 Å². The van der Waals surface area contributed by atoms with E-state index in [1.54, 1.807) is 6.07 Å². The van der Waals surface area contributed by atoms with Crippen molar-refractivity contribution >= 4 is 15.9 Å². The van der Waals surface area contributed by atoms with Crippen LogP contribution >= 0.6 is 15.9 Å². The molecule has 2 nitrogen and oxygen atoms in total. The van der Waals surface area contributed by atoms with Gasteiger partial charge in [-0.05, 0) is 70.8 Å². The number of unbranched alkanes of at least 4 members (excludes halogenated alkanes) is 1. The minimum Gasteiger partial charge on any atom is -0.508 e. The lowest BCUT2D eigenvalue weighted by molar-refractivity contribution is 0.171. The first-order chi connectivity index (χ1) is 12.4. The quantitative estimate of drug-likeness (QED) is 0.465. The highest BCUT2D eigenvalue weighted by Gasteiger charge is 2.19. The molecule has 0 aliphatic rings. The molecule has 0 aromatic heterocycles. The zero-order chi connectivity index (χ0) is 19.1. The Kier molecular flexibility index (Phi) is 8.17. The zero-order valence-corrected chi connectivity index (χ0v) is 18.0. The third-order valence-corrected chi connectivity index (χ3v) is 5.55. The average molecular weight is 418 g/mol. The third-order valence-electron chi connectivity index (χ3n) is 5.05. The topological polar surface area (TPSA) is 23.5 Å². The van der Waals surface area contributed by atoms with Gasteiger partial charge in [0.1, 0.15) is 5.75 Å². The predicted molar refractivity (Wildman–Crippen MR) is 115 cm³/mol. The number of phenols is 1. The second-order valence-corrected chi connectivity index (χ2v) is 8.50. The van der Waals surface area contributed by atoms with E-state index < -0.39 is 0 Å². The van der Waals surface area contributed by atoms with Crippen LogP contribution in [0.4, 0.5) is 0 Å². The second kappa shape index (κ2) is 10.1. The summed E-state index contributed by atoms with van der Waals surface area (Å²) in [5.74, 6) is 0.605.